The minimum atomic E-state index is 0.308. The van der Waals surface area contributed by atoms with Crippen LogP contribution in [0.25, 0.3) is 11.4 Å². The Bertz CT molecular complexity index is 929. The number of aromatic nitrogens is 2. The third-order valence-electron chi connectivity index (χ3n) is 4.64. The van der Waals surface area contributed by atoms with Gasteiger partial charge in [-0.15, -0.1) is 0 Å². The normalized spacial score (nSPS) is 10.8. The van der Waals surface area contributed by atoms with E-state index in [9.17, 15) is 0 Å². The zero-order valence-electron chi connectivity index (χ0n) is 17.5. The highest BCUT2D eigenvalue weighted by molar-refractivity contribution is 6.29. The minimum Gasteiger partial charge on any atom is -0.497 e. The molecular weight excluding hydrogens is 402 g/mol. The Kier molecular flexibility index (Phi) is 7.88. The van der Waals surface area contributed by atoms with E-state index in [1.165, 1.54) is 0 Å². The van der Waals surface area contributed by atoms with Crippen LogP contribution in [-0.4, -0.2) is 48.2 Å². The summed E-state index contributed by atoms with van der Waals surface area (Å²) in [6.45, 7) is 7.89. The monoisotopic (exact) mass is 427 g/mol. The molecule has 0 saturated carbocycles. The largest absolute Gasteiger partial charge is 0.497 e. The van der Waals surface area contributed by atoms with Gasteiger partial charge in [0.15, 0.2) is 5.82 Å². The van der Waals surface area contributed by atoms with Gasteiger partial charge in [0.25, 0.3) is 0 Å². The number of hydrogen-bond donors (Lipinski definition) is 0. The van der Waals surface area contributed by atoms with E-state index in [-0.39, 0.29) is 0 Å². The first-order chi connectivity index (χ1) is 14.6. The van der Waals surface area contributed by atoms with Crippen molar-refractivity contribution in [1.29, 1.82) is 0 Å². The van der Waals surface area contributed by atoms with Crippen LogP contribution in [0.15, 0.2) is 54.6 Å². The van der Waals surface area contributed by atoms with E-state index in [0.29, 0.717) is 29.2 Å². The highest BCUT2D eigenvalue weighted by Crippen LogP contribution is 2.27. The Labute approximate surface area is 182 Å². The third-order valence-corrected chi connectivity index (χ3v) is 4.83. The van der Waals surface area contributed by atoms with Crippen molar-refractivity contribution in [2.75, 3.05) is 33.4 Å². The van der Waals surface area contributed by atoms with Gasteiger partial charge in [-0.25, -0.2) is 4.98 Å². The lowest BCUT2D eigenvalue weighted by atomic mass is 10.2. The van der Waals surface area contributed by atoms with Crippen LogP contribution in [0.5, 0.6) is 23.1 Å². The predicted molar refractivity (Wildman–Crippen MR) is 119 cm³/mol. The van der Waals surface area contributed by atoms with Gasteiger partial charge in [0, 0.05) is 18.2 Å². The zero-order valence-corrected chi connectivity index (χ0v) is 18.2. The SMILES string of the molecule is CCN(CC)CCOc1ccc(Oc2cc(Cl)nc(-c3ccc(OC)cc3)n2)cc1. The second-order valence-electron chi connectivity index (χ2n) is 6.53. The lowest BCUT2D eigenvalue weighted by Gasteiger charge is -2.18. The highest BCUT2D eigenvalue weighted by atomic mass is 35.5. The van der Waals surface area contributed by atoms with E-state index in [4.69, 9.17) is 25.8 Å². The topological polar surface area (TPSA) is 56.7 Å². The van der Waals surface area contributed by atoms with Crippen LogP contribution in [0.2, 0.25) is 5.15 Å². The summed E-state index contributed by atoms with van der Waals surface area (Å²) >= 11 is 6.18. The molecule has 0 radical (unpaired) electrons. The van der Waals surface area contributed by atoms with Crippen LogP contribution in [0.4, 0.5) is 0 Å². The maximum Gasteiger partial charge on any atom is 0.224 e. The average Bonchev–Trinajstić information content (AvgIpc) is 2.77. The van der Waals surface area contributed by atoms with Crippen LogP contribution in [0, 0.1) is 0 Å². The molecule has 0 N–H and O–H groups in total. The summed E-state index contributed by atoms with van der Waals surface area (Å²) in [6.07, 6.45) is 0. The van der Waals surface area contributed by atoms with E-state index in [1.54, 1.807) is 13.2 Å². The Morgan fingerprint density at radius 3 is 2.13 bits per heavy atom. The number of nitrogens with zero attached hydrogens (tertiary/aromatic N) is 3. The number of halogens is 1. The number of methoxy groups -OCH3 is 1. The first-order valence-electron chi connectivity index (χ1n) is 9.93. The molecule has 0 atom stereocenters. The van der Waals surface area contributed by atoms with Crippen molar-refractivity contribution < 1.29 is 14.2 Å². The number of hydrogen-bond acceptors (Lipinski definition) is 6. The molecule has 6 nitrogen and oxygen atoms in total. The van der Waals surface area contributed by atoms with Crippen LogP contribution < -0.4 is 14.2 Å². The Morgan fingerprint density at radius 2 is 1.50 bits per heavy atom. The lowest BCUT2D eigenvalue weighted by Crippen LogP contribution is -2.27. The summed E-state index contributed by atoms with van der Waals surface area (Å²) < 4.78 is 16.9. The maximum atomic E-state index is 6.18. The van der Waals surface area contributed by atoms with E-state index < -0.39 is 0 Å². The first kappa shape index (κ1) is 21.9. The number of benzene rings is 2. The van der Waals surface area contributed by atoms with Gasteiger partial charge in [0.05, 0.1) is 7.11 Å². The van der Waals surface area contributed by atoms with E-state index in [2.05, 4.69) is 28.7 Å². The molecule has 0 aliphatic carbocycles. The standard InChI is InChI=1S/C23H26ClN3O3/c1-4-27(5-2)14-15-29-19-10-12-20(13-11-19)30-22-16-21(24)25-23(26-22)17-6-8-18(28-3)9-7-17/h6-13,16H,4-5,14-15H2,1-3H3. The fraction of sp³-hybridized carbons (Fsp3) is 0.304. The molecule has 7 heteroatoms. The molecular formula is C23H26ClN3O3. The summed E-state index contributed by atoms with van der Waals surface area (Å²) in [4.78, 5) is 11.1. The van der Waals surface area contributed by atoms with Gasteiger partial charge < -0.3 is 19.1 Å². The third kappa shape index (κ3) is 6.08. The molecule has 158 valence electrons. The summed E-state index contributed by atoms with van der Waals surface area (Å²) in [5.41, 5.74) is 0.820. The maximum absolute atomic E-state index is 6.18. The van der Waals surface area contributed by atoms with Crippen LogP contribution >= 0.6 is 11.6 Å². The molecule has 0 amide bonds. The van der Waals surface area contributed by atoms with E-state index >= 15 is 0 Å². The van der Waals surface area contributed by atoms with Crippen molar-refractivity contribution in [3.8, 4) is 34.5 Å². The van der Waals surface area contributed by atoms with Gasteiger partial charge in [0.2, 0.25) is 5.88 Å². The fourth-order valence-corrected chi connectivity index (χ4v) is 3.05. The van der Waals surface area contributed by atoms with Crippen molar-refractivity contribution in [3.05, 3.63) is 59.8 Å². The van der Waals surface area contributed by atoms with Crippen LogP contribution in [0.3, 0.4) is 0 Å². The molecule has 0 spiro atoms. The molecule has 0 fully saturated rings. The van der Waals surface area contributed by atoms with Gasteiger partial charge in [-0.3, -0.25) is 0 Å². The zero-order chi connectivity index (χ0) is 21.3. The molecule has 1 heterocycles. The Morgan fingerprint density at radius 1 is 0.867 bits per heavy atom. The van der Waals surface area contributed by atoms with Crippen LogP contribution in [-0.2, 0) is 0 Å². The van der Waals surface area contributed by atoms with Gasteiger partial charge in [-0.2, -0.15) is 4.98 Å². The molecule has 2 aromatic carbocycles. The summed E-state index contributed by atoms with van der Waals surface area (Å²) in [7, 11) is 1.62. The molecule has 0 saturated heterocycles. The quantitative estimate of drug-likeness (QED) is 0.408. The van der Waals surface area contributed by atoms with Crippen molar-refractivity contribution in [2.24, 2.45) is 0 Å². The molecule has 30 heavy (non-hydrogen) atoms. The van der Waals surface area contributed by atoms with E-state index in [1.807, 2.05) is 48.5 Å². The fourth-order valence-electron chi connectivity index (χ4n) is 2.88. The van der Waals surface area contributed by atoms with Crippen molar-refractivity contribution in [1.82, 2.24) is 14.9 Å². The minimum absolute atomic E-state index is 0.308. The molecule has 0 aliphatic rings. The number of rotatable bonds is 10. The van der Waals surface area contributed by atoms with Crippen molar-refractivity contribution >= 4 is 11.6 Å². The second-order valence-corrected chi connectivity index (χ2v) is 6.92. The highest BCUT2D eigenvalue weighted by Gasteiger charge is 2.09. The molecule has 0 bridgehead atoms. The summed E-state index contributed by atoms with van der Waals surface area (Å²) in [5, 5.41) is 0.308. The number of ether oxygens (including phenoxy) is 3. The summed E-state index contributed by atoms with van der Waals surface area (Å²) in [6, 6.07) is 16.5. The Hall–Kier alpha value is -2.83. The smallest absolute Gasteiger partial charge is 0.224 e. The molecule has 3 rings (SSSR count). The molecule has 0 unspecified atom stereocenters. The lowest BCUT2D eigenvalue weighted by molar-refractivity contribution is 0.222. The van der Waals surface area contributed by atoms with Gasteiger partial charge in [0.1, 0.15) is 29.0 Å². The van der Waals surface area contributed by atoms with Crippen LogP contribution in [0.1, 0.15) is 13.8 Å². The van der Waals surface area contributed by atoms with Crippen molar-refractivity contribution in [3.63, 3.8) is 0 Å². The van der Waals surface area contributed by atoms with E-state index in [0.717, 1.165) is 36.7 Å². The second kappa shape index (κ2) is 10.8. The average molecular weight is 428 g/mol. The number of likely N-dealkylation sites (N-methyl/N-ethyl adjacent to an activating group) is 1. The summed E-state index contributed by atoms with van der Waals surface area (Å²) in [5.74, 6) is 3.06. The molecule has 1 aromatic heterocycles. The van der Waals surface area contributed by atoms with Crippen molar-refractivity contribution in [2.45, 2.75) is 13.8 Å². The predicted octanol–water partition coefficient (Wildman–Crippen LogP) is 5.32. The first-order valence-corrected chi connectivity index (χ1v) is 10.3. The van der Waals surface area contributed by atoms with Gasteiger partial charge >= 0.3 is 0 Å². The molecule has 0 aliphatic heterocycles. The Balaban J connectivity index is 1.65. The molecule has 3 aromatic rings. The van der Waals surface area contributed by atoms with Gasteiger partial charge in [-0.1, -0.05) is 25.4 Å². The van der Waals surface area contributed by atoms with Gasteiger partial charge in [-0.05, 0) is 61.6 Å².